The number of hydrogen-bond acceptors (Lipinski definition) is 5. The number of allylic oxidation sites excluding steroid dienone is 2. The zero-order chi connectivity index (χ0) is 37.3. The van der Waals surface area contributed by atoms with E-state index in [-0.39, 0.29) is 47.9 Å². The molecule has 0 spiro atoms. The Bertz CT molecular complexity index is 2220. The minimum atomic E-state index is -0.337. The molecule has 3 aromatic carbocycles. The maximum absolute atomic E-state index is 12.2. The topological polar surface area (TPSA) is 63.3 Å². The van der Waals surface area contributed by atoms with Gasteiger partial charge < -0.3 is 9.52 Å². The van der Waals surface area contributed by atoms with Gasteiger partial charge in [0.15, 0.2) is 5.78 Å². The molecule has 6 rings (SSSR count). The summed E-state index contributed by atoms with van der Waals surface area (Å²) in [6.07, 6.45) is 6.68. The Morgan fingerprint density at radius 3 is 2.17 bits per heavy atom. The molecule has 0 amide bonds. The Balaban J connectivity index is 0.000000289. The zero-order valence-electron chi connectivity index (χ0n) is 32.7. The van der Waals surface area contributed by atoms with Crippen LogP contribution in [0.1, 0.15) is 105 Å². The van der Waals surface area contributed by atoms with E-state index in [1.165, 1.54) is 43.1 Å². The number of carbonyl (C=O) groups is 1. The molecule has 4 nitrogen and oxygen atoms in total. The van der Waals surface area contributed by atoms with E-state index in [4.69, 9.17) is 9.40 Å². The van der Waals surface area contributed by atoms with Gasteiger partial charge in [-0.2, -0.15) is 0 Å². The molecule has 0 aliphatic carbocycles. The van der Waals surface area contributed by atoms with Crippen molar-refractivity contribution < 1.29 is 34.4 Å². The van der Waals surface area contributed by atoms with Crippen LogP contribution in [-0.2, 0) is 30.3 Å². The zero-order valence-corrected chi connectivity index (χ0v) is 35.9. The minimum Gasteiger partial charge on any atom is -0.512 e. The van der Waals surface area contributed by atoms with Gasteiger partial charge >= 0.3 is 0 Å². The van der Waals surface area contributed by atoms with E-state index in [2.05, 4.69) is 94.4 Å². The van der Waals surface area contributed by atoms with Gasteiger partial charge in [-0.15, -0.1) is 40.5 Å². The summed E-state index contributed by atoms with van der Waals surface area (Å²) >= 11 is 1.82. The van der Waals surface area contributed by atoms with Crippen molar-refractivity contribution in [1.29, 1.82) is 0 Å². The fourth-order valence-electron chi connectivity index (χ4n) is 6.64. The van der Waals surface area contributed by atoms with Gasteiger partial charge in [-0.3, -0.25) is 9.78 Å². The predicted octanol–water partition coefficient (Wildman–Crippen LogP) is 13.9. The number of rotatable bonds is 9. The van der Waals surface area contributed by atoms with Gasteiger partial charge in [0.25, 0.3) is 0 Å². The molecule has 3 heterocycles. The average Bonchev–Trinajstić information content (AvgIpc) is 3.67. The first-order chi connectivity index (χ1) is 24.1. The molecule has 277 valence electrons. The number of aryl methyl sites for hydroxylation is 2. The summed E-state index contributed by atoms with van der Waals surface area (Å²) in [6.45, 7) is 23.1. The maximum atomic E-state index is 12.2. The van der Waals surface area contributed by atoms with Crippen LogP contribution in [0.25, 0.3) is 53.5 Å². The number of ketones is 1. The number of thiophene rings is 1. The molecule has 52 heavy (non-hydrogen) atoms. The summed E-state index contributed by atoms with van der Waals surface area (Å²) < 4.78 is 7.15. The normalized spacial score (nSPS) is 12.6. The van der Waals surface area contributed by atoms with E-state index in [0.29, 0.717) is 0 Å². The molecule has 0 aliphatic heterocycles. The molecule has 6 aromatic rings. The fraction of sp³-hybridized carbons (Fsp3) is 0.391. The number of fused-ring (bicyclic) bond motifs is 3. The number of aromatic nitrogens is 1. The fourth-order valence-corrected chi connectivity index (χ4v) is 7.84. The first kappa shape index (κ1) is 41.2. The van der Waals surface area contributed by atoms with Crippen molar-refractivity contribution in [1.82, 2.24) is 4.98 Å². The Morgan fingerprint density at radius 1 is 0.885 bits per heavy atom. The third-order valence-electron chi connectivity index (χ3n) is 11.2. The van der Waals surface area contributed by atoms with Crippen LogP contribution >= 0.6 is 11.3 Å². The molecule has 1 radical (unpaired) electrons. The third-order valence-corrected chi connectivity index (χ3v) is 12.5. The summed E-state index contributed by atoms with van der Waals surface area (Å²) in [4.78, 5) is 18.3. The first-order valence-electron chi connectivity index (χ1n) is 18.4. The van der Waals surface area contributed by atoms with Crippen LogP contribution in [-0.4, -0.2) is 15.9 Å². The summed E-state index contributed by atoms with van der Waals surface area (Å²) in [6, 6.07) is 25.2. The molecule has 0 saturated heterocycles. The molecule has 0 saturated carbocycles. The van der Waals surface area contributed by atoms with Crippen molar-refractivity contribution in [3.63, 3.8) is 0 Å². The Labute approximate surface area is 328 Å². The van der Waals surface area contributed by atoms with Crippen LogP contribution in [0.3, 0.4) is 0 Å². The second-order valence-corrected chi connectivity index (χ2v) is 16.6. The second kappa shape index (κ2) is 16.2. The molecule has 0 fully saturated rings. The van der Waals surface area contributed by atoms with Gasteiger partial charge in [0.2, 0.25) is 0 Å². The molecule has 3 aromatic heterocycles. The second-order valence-electron chi connectivity index (χ2n) is 15.5. The van der Waals surface area contributed by atoms with E-state index in [9.17, 15) is 9.90 Å². The predicted molar refractivity (Wildman–Crippen MR) is 218 cm³/mol. The van der Waals surface area contributed by atoms with Crippen molar-refractivity contribution >= 4 is 48.9 Å². The number of nitrogens with zero attached hydrogens (tertiary/aromatic N) is 1. The average molecular weight is 893 g/mol. The number of benzene rings is 3. The first-order valence-corrected chi connectivity index (χ1v) is 19.2. The number of furan rings is 1. The summed E-state index contributed by atoms with van der Waals surface area (Å²) in [5.74, 6) is 1.22. The smallest absolute Gasteiger partial charge is 0.164 e. The van der Waals surface area contributed by atoms with Gasteiger partial charge in [0, 0.05) is 63.9 Å². The molecular weight excluding hydrogens is 839 g/mol. The number of carbonyl (C=O) groups excluding carboxylic acids is 1. The van der Waals surface area contributed by atoms with Crippen LogP contribution in [0.5, 0.6) is 0 Å². The van der Waals surface area contributed by atoms with Crippen molar-refractivity contribution in [3.05, 3.63) is 102 Å². The summed E-state index contributed by atoms with van der Waals surface area (Å²) in [5.41, 5.74) is 6.17. The third kappa shape index (κ3) is 8.15. The monoisotopic (exact) mass is 893 g/mol. The quantitative estimate of drug-likeness (QED) is 0.0892. The van der Waals surface area contributed by atoms with Gasteiger partial charge in [0.1, 0.15) is 17.1 Å². The van der Waals surface area contributed by atoms with E-state index in [1.807, 2.05) is 66.0 Å². The number of pyridine rings is 1. The van der Waals surface area contributed by atoms with E-state index < -0.39 is 0 Å². The number of aliphatic hydroxyl groups is 1. The molecule has 0 bridgehead atoms. The Kier molecular flexibility index (Phi) is 12.8. The van der Waals surface area contributed by atoms with Crippen LogP contribution in [0.15, 0.2) is 83.1 Å². The molecule has 1 N–H and O–H groups in total. The van der Waals surface area contributed by atoms with Crippen LogP contribution < -0.4 is 0 Å². The number of hydrogen-bond donors (Lipinski definition) is 1. The molecule has 0 unspecified atom stereocenters. The van der Waals surface area contributed by atoms with Gasteiger partial charge in [-0.25, -0.2) is 0 Å². The Hall–Kier alpha value is -3.57. The van der Waals surface area contributed by atoms with E-state index in [1.54, 1.807) is 0 Å². The molecular formula is C46H54IrNO3S-. The van der Waals surface area contributed by atoms with Gasteiger partial charge in [-0.1, -0.05) is 104 Å². The summed E-state index contributed by atoms with van der Waals surface area (Å²) in [7, 11) is 0. The van der Waals surface area contributed by atoms with Crippen molar-refractivity contribution in [2.45, 2.75) is 107 Å². The van der Waals surface area contributed by atoms with Crippen LogP contribution in [0.4, 0.5) is 0 Å². The van der Waals surface area contributed by atoms with Gasteiger partial charge in [-0.05, 0) is 79.7 Å². The van der Waals surface area contributed by atoms with E-state index in [0.717, 1.165) is 59.1 Å². The van der Waals surface area contributed by atoms with Crippen molar-refractivity contribution in [2.75, 3.05) is 0 Å². The van der Waals surface area contributed by atoms with Crippen molar-refractivity contribution in [2.24, 2.45) is 10.8 Å². The van der Waals surface area contributed by atoms with Crippen LogP contribution in [0, 0.1) is 30.7 Å². The van der Waals surface area contributed by atoms with Crippen molar-refractivity contribution in [3.8, 4) is 21.7 Å². The summed E-state index contributed by atoms with van der Waals surface area (Å²) in [5, 5.41) is 14.9. The maximum Gasteiger partial charge on any atom is 0.164 e. The molecule has 0 aliphatic rings. The standard InChI is InChI=1S/C31H26NOS.C15H28O2.Ir/c1-18-14-21-10-11-22(17-26(21)33-18)30-19(2)28-27(34-30)12-13-32-29(28)23-15-20-8-6-7-9-24(20)25(16-23)31(3,4)5;1-7-14(5,8-2)12(16)11-13(17)15(6,9-3)10-4;/h6-14,16-17H,1-5H3;11,16H,7-10H2,1-6H3;/q-1;;/b;12-11-;. The minimum absolute atomic E-state index is 0. The molecule has 6 heteroatoms. The number of aliphatic hydroxyl groups excluding tert-OH is 1. The SMILES string of the molecule is CCC(C)(CC)C(=O)/C=C(\O)C(C)(CC)CC.Cc1cc2ccc(-c3sc4ccnc(-c5[c-]c6ccccc6c(C(C)(C)C)c5)c4c3C)cc2o1.[Ir]. The Morgan fingerprint density at radius 2 is 1.54 bits per heavy atom. The largest absolute Gasteiger partial charge is 0.512 e. The van der Waals surface area contributed by atoms with E-state index >= 15 is 0 Å². The van der Waals surface area contributed by atoms with Gasteiger partial charge in [0.05, 0.1) is 0 Å². The molecule has 0 atom stereocenters. The van der Waals surface area contributed by atoms with Crippen LogP contribution in [0.2, 0.25) is 0 Å².